The smallest absolute Gasteiger partial charge is 0.345 e. The van der Waals surface area contributed by atoms with E-state index in [-0.39, 0.29) is 12.1 Å². The van der Waals surface area contributed by atoms with Crippen LogP contribution < -0.4 is 0 Å². The molecule has 2 unspecified atom stereocenters. The average Bonchev–Trinajstić information content (AvgIpc) is 3.24. The van der Waals surface area contributed by atoms with Crippen molar-refractivity contribution >= 4 is 23.3 Å². The molecule has 0 saturated carbocycles. The molecule has 1 aromatic heterocycles. The van der Waals surface area contributed by atoms with Crippen LogP contribution in [0.3, 0.4) is 0 Å². The maximum atomic E-state index is 12.9. The van der Waals surface area contributed by atoms with Crippen LogP contribution in [0.5, 0.6) is 0 Å². The van der Waals surface area contributed by atoms with Gasteiger partial charge in [-0.05, 0) is 29.5 Å². The first-order valence-electron chi connectivity index (χ1n) is 8.01. The lowest BCUT2D eigenvalue weighted by atomic mass is 9.89. The molecule has 130 valence electrons. The van der Waals surface area contributed by atoms with Crippen LogP contribution in [-0.2, 0) is 26.5 Å². The fourth-order valence-electron chi connectivity index (χ4n) is 3.54. The van der Waals surface area contributed by atoms with Gasteiger partial charge in [0.25, 0.3) is 0 Å². The van der Waals surface area contributed by atoms with Crippen molar-refractivity contribution in [2.75, 3.05) is 13.7 Å². The molecule has 0 N–H and O–H groups in total. The van der Waals surface area contributed by atoms with Crippen molar-refractivity contribution in [2.45, 2.75) is 25.1 Å². The van der Waals surface area contributed by atoms with Crippen LogP contribution in [0.15, 0.2) is 41.8 Å². The molecule has 25 heavy (non-hydrogen) atoms. The number of nitrogens with zero attached hydrogens (tertiary/aromatic N) is 2. The van der Waals surface area contributed by atoms with Crippen LogP contribution in [0, 0.1) is 0 Å². The second-order valence-corrected chi connectivity index (χ2v) is 7.18. The van der Waals surface area contributed by atoms with Gasteiger partial charge in [0.1, 0.15) is 12.6 Å². The van der Waals surface area contributed by atoms with Gasteiger partial charge in [-0.3, -0.25) is 9.74 Å². The number of hydroxylamine groups is 2. The Morgan fingerprint density at radius 1 is 1.32 bits per heavy atom. The third-order valence-corrected chi connectivity index (χ3v) is 6.03. The Balaban J connectivity index is 1.67. The third kappa shape index (κ3) is 2.26. The van der Waals surface area contributed by atoms with E-state index in [9.17, 15) is 9.59 Å². The second-order valence-electron chi connectivity index (χ2n) is 6.26. The molecule has 2 amide bonds. The molecule has 2 bridgehead atoms. The number of methoxy groups -OCH3 is 1. The minimum atomic E-state index is -1.11. The summed E-state index contributed by atoms with van der Waals surface area (Å²) in [5.74, 6) is -0.437. The Bertz CT molecular complexity index is 821. The fourth-order valence-corrected chi connectivity index (χ4v) is 4.65. The molecular weight excluding hydrogens is 340 g/mol. The summed E-state index contributed by atoms with van der Waals surface area (Å²) in [5, 5.41) is 3.33. The quantitative estimate of drug-likeness (QED) is 0.788. The molecule has 2 aliphatic heterocycles. The minimum absolute atomic E-state index is 0.213. The lowest BCUT2D eigenvalue weighted by Crippen LogP contribution is -2.52. The number of esters is 1. The highest BCUT2D eigenvalue weighted by Gasteiger charge is 2.59. The van der Waals surface area contributed by atoms with Gasteiger partial charge in [-0.2, -0.15) is 5.06 Å². The van der Waals surface area contributed by atoms with E-state index in [1.807, 2.05) is 41.8 Å². The van der Waals surface area contributed by atoms with E-state index in [1.165, 1.54) is 23.5 Å². The number of carbonyl (C=O) groups excluding carboxylic acids is 2. The van der Waals surface area contributed by atoms with Crippen LogP contribution in [0.1, 0.15) is 29.0 Å². The van der Waals surface area contributed by atoms with Crippen LogP contribution in [0.2, 0.25) is 0 Å². The summed E-state index contributed by atoms with van der Waals surface area (Å²) in [4.78, 5) is 33.7. The van der Waals surface area contributed by atoms with E-state index in [4.69, 9.17) is 9.57 Å². The van der Waals surface area contributed by atoms with Crippen molar-refractivity contribution in [1.29, 1.82) is 0 Å². The van der Waals surface area contributed by atoms with Crippen molar-refractivity contribution in [1.82, 2.24) is 9.96 Å². The van der Waals surface area contributed by atoms with Gasteiger partial charge in [0.2, 0.25) is 0 Å². The van der Waals surface area contributed by atoms with Crippen LogP contribution >= 0.6 is 11.3 Å². The summed E-state index contributed by atoms with van der Waals surface area (Å²) in [7, 11) is 1.34. The summed E-state index contributed by atoms with van der Waals surface area (Å²) in [6.45, 7) is 2.44. The summed E-state index contributed by atoms with van der Waals surface area (Å²) in [6, 6.07) is 11.1. The number of urea groups is 1. The first-order chi connectivity index (χ1) is 12.1. The minimum Gasteiger partial charge on any atom is -0.467 e. The van der Waals surface area contributed by atoms with Gasteiger partial charge in [-0.25, -0.2) is 9.59 Å². The van der Waals surface area contributed by atoms with Crippen LogP contribution in [-0.4, -0.2) is 35.6 Å². The molecular formula is C18H18N2O4S. The summed E-state index contributed by atoms with van der Waals surface area (Å²) < 4.78 is 5.00. The summed E-state index contributed by atoms with van der Waals surface area (Å²) >= 11 is 1.47. The van der Waals surface area contributed by atoms with E-state index >= 15 is 0 Å². The molecule has 1 aromatic carbocycles. The van der Waals surface area contributed by atoms with E-state index < -0.39 is 11.5 Å². The van der Waals surface area contributed by atoms with Crippen LogP contribution in [0.25, 0.3) is 0 Å². The number of carbonyl (C=O) groups is 2. The van der Waals surface area contributed by atoms with Crippen molar-refractivity contribution in [2.24, 2.45) is 0 Å². The summed E-state index contributed by atoms with van der Waals surface area (Å²) in [6.07, 6.45) is 0. The lowest BCUT2D eigenvalue weighted by Gasteiger charge is -2.37. The Morgan fingerprint density at radius 3 is 2.80 bits per heavy atom. The molecule has 0 spiro atoms. The average molecular weight is 358 g/mol. The van der Waals surface area contributed by atoms with Crippen molar-refractivity contribution in [3.05, 3.63) is 57.8 Å². The van der Waals surface area contributed by atoms with Gasteiger partial charge in [0.05, 0.1) is 13.7 Å². The fraction of sp³-hybridized carbons (Fsp3) is 0.333. The third-order valence-electron chi connectivity index (χ3n) is 4.89. The largest absolute Gasteiger partial charge is 0.467 e. The molecule has 6 nitrogen and oxygen atoms in total. The van der Waals surface area contributed by atoms with Crippen LogP contribution in [0.4, 0.5) is 4.79 Å². The number of benzene rings is 1. The maximum Gasteiger partial charge on any atom is 0.345 e. The van der Waals surface area contributed by atoms with Gasteiger partial charge in [-0.15, -0.1) is 11.3 Å². The van der Waals surface area contributed by atoms with Crippen molar-refractivity contribution < 1.29 is 19.2 Å². The van der Waals surface area contributed by atoms with Gasteiger partial charge in [0.15, 0.2) is 5.54 Å². The molecule has 0 radical (unpaired) electrons. The van der Waals surface area contributed by atoms with Crippen molar-refractivity contribution in [3.63, 3.8) is 0 Å². The Hall–Kier alpha value is -2.38. The van der Waals surface area contributed by atoms with Gasteiger partial charge >= 0.3 is 12.0 Å². The lowest BCUT2D eigenvalue weighted by molar-refractivity contribution is -0.153. The molecule has 7 heteroatoms. The number of amides is 2. The van der Waals surface area contributed by atoms with Crippen molar-refractivity contribution in [3.8, 4) is 0 Å². The number of hydrogen-bond donors (Lipinski definition) is 0. The van der Waals surface area contributed by atoms with E-state index in [0.29, 0.717) is 13.2 Å². The normalized spacial score (nSPS) is 24.4. The van der Waals surface area contributed by atoms with Gasteiger partial charge in [-0.1, -0.05) is 30.3 Å². The Morgan fingerprint density at radius 2 is 2.08 bits per heavy atom. The van der Waals surface area contributed by atoms with E-state index in [2.05, 4.69) is 0 Å². The van der Waals surface area contributed by atoms with E-state index in [0.717, 1.165) is 16.0 Å². The number of hydrogen-bond acceptors (Lipinski definition) is 5. The highest BCUT2D eigenvalue weighted by Crippen LogP contribution is 2.49. The standard InChI is InChI=1S/C18H18N2O4S/c1-18(16(21)23-2)15-13(8-9-25-15)14-10-19(18)17(22)20(14)24-11-12-6-4-3-5-7-12/h3-9,14H,10-11H2,1-2H3. The zero-order valence-electron chi connectivity index (χ0n) is 14.0. The molecule has 2 atom stereocenters. The van der Waals surface area contributed by atoms with Gasteiger partial charge in [0, 0.05) is 4.88 Å². The molecule has 1 fully saturated rings. The molecule has 0 aliphatic carbocycles. The maximum absolute atomic E-state index is 12.9. The topological polar surface area (TPSA) is 59.1 Å². The first kappa shape index (κ1) is 16.1. The van der Waals surface area contributed by atoms with Gasteiger partial charge < -0.3 is 4.74 Å². The monoisotopic (exact) mass is 358 g/mol. The number of thiophene rings is 1. The number of ether oxygens (including phenoxy) is 1. The second kappa shape index (κ2) is 5.86. The Labute approximate surface area is 149 Å². The summed E-state index contributed by atoms with van der Waals surface area (Å²) in [5.41, 5.74) is 0.817. The molecule has 1 saturated heterocycles. The zero-order chi connectivity index (χ0) is 17.6. The molecule has 2 aromatic rings. The highest BCUT2D eigenvalue weighted by molar-refractivity contribution is 7.10. The number of rotatable bonds is 4. The van der Waals surface area contributed by atoms with E-state index in [1.54, 1.807) is 11.8 Å². The first-order valence-corrected chi connectivity index (χ1v) is 8.89. The highest BCUT2D eigenvalue weighted by atomic mass is 32.1. The molecule has 4 rings (SSSR count). The predicted octanol–water partition coefficient (Wildman–Crippen LogP) is 3.06. The molecule has 2 aliphatic rings. The zero-order valence-corrected chi connectivity index (χ0v) is 14.8. The number of fused-ring (bicyclic) bond motifs is 4. The molecule has 3 heterocycles. The Kier molecular flexibility index (Phi) is 3.77. The predicted molar refractivity (Wildman–Crippen MR) is 91.6 cm³/mol. The SMILES string of the molecule is COC(=O)C1(C)c2sccc2C2CN1C(=O)N2OCc1ccccc1.